The first kappa shape index (κ1) is 11.1. The van der Waals surface area contributed by atoms with Crippen LogP contribution in [0, 0.1) is 0 Å². The third kappa shape index (κ3) is 3.00. The van der Waals surface area contributed by atoms with Crippen LogP contribution in [-0.4, -0.2) is 27.6 Å². The van der Waals surface area contributed by atoms with Gasteiger partial charge in [-0.25, -0.2) is 0 Å². The average molecular weight is 233 g/mol. The van der Waals surface area contributed by atoms with Gasteiger partial charge in [0.25, 0.3) is 5.91 Å². The quantitative estimate of drug-likeness (QED) is 0.770. The molecule has 0 saturated heterocycles. The van der Waals surface area contributed by atoms with E-state index in [9.17, 15) is 4.79 Å². The molecule has 0 unspecified atom stereocenters. The number of amides is 1. The molecule has 2 rings (SSSR count). The summed E-state index contributed by atoms with van der Waals surface area (Å²) in [4.78, 5) is 19.4. The zero-order valence-electron chi connectivity index (χ0n) is 8.96. The van der Waals surface area contributed by atoms with Crippen LogP contribution >= 0.6 is 0 Å². The Morgan fingerprint density at radius 1 is 1.47 bits per heavy atom. The Kier molecular flexibility index (Phi) is 3.29. The molecule has 2 aromatic heterocycles. The maximum absolute atomic E-state index is 11.6. The highest BCUT2D eigenvalue weighted by atomic mass is 16.5. The van der Waals surface area contributed by atoms with E-state index in [0.29, 0.717) is 24.5 Å². The Bertz CT molecular complexity index is 497. The topological polar surface area (TPSA) is 107 Å². The van der Waals surface area contributed by atoms with Gasteiger partial charge in [0.05, 0.1) is 0 Å². The summed E-state index contributed by atoms with van der Waals surface area (Å²) in [7, 11) is 0. The number of anilines is 1. The van der Waals surface area contributed by atoms with Crippen molar-refractivity contribution in [3.8, 4) is 0 Å². The van der Waals surface area contributed by atoms with Gasteiger partial charge >= 0.3 is 0 Å². The predicted molar refractivity (Wildman–Crippen MR) is 59.0 cm³/mol. The van der Waals surface area contributed by atoms with Crippen molar-refractivity contribution in [3.05, 3.63) is 36.2 Å². The van der Waals surface area contributed by atoms with Gasteiger partial charge < -0.3 is 15.6 Å². The summed E-state index contributed by atoms with van der Waals surface area (Å²) >= 11 is 0. The Balaban J connectivity index is 1.85. The second kappa shape index (κ2) is 5.06. The highest BCUT2D eigenvalue weighted by molar-refractivity contribution is 5.92. The van der Waals surface area contributed by atoms with Crippen LogP contribution in [0.5, 0.6) is 0 Å². The number of nitrogens with two attached hydrogens (primary N) is 1. The summed E-state index contributed by atoms with van der Waals surface area (Å²) < 4.78 is 4.57. The van der Waals surface area contributed by atoms with Gasteiger partial charge in [-0.2, -0.15) is 4.98 Å². The van der Waals surface area contributed by atoms with E-state index in [2.05, 4.69) is 25.0 Å². The minimum atomic E-state index is -0.277. The average Bonchev–Trinajstić information content (AvgIpc) is 2.82. The molecule has 0 aliphatic heterocycles. The van der Waals surface area contributed by atoms with Crippen LogP contribution in [0.1, 0.15) is 16.3 Å². The molecule has 0 spiro atoms. The third-order valence-electron chi connectivity index (χ3n) is 2.06. The lowest BCUT2D eigenvalue weighted by Gasteiger charge is -2.03. The molecule has 0 saturated carbocycles. The van der Waals surface area contributed by atoms with Gasteiger partial charge in [-0.3, -0.25) is 9.78 Å². The number of hydrogen-bond donors (Lipinski definition) is 2. The molecule has 17 heavy (non-hydrogen) atoms. The van der Waals surface area contributed by atoms with Crippen molar-refractivity contribution in [2.45, 2.75) is 6.42 Å². The van der Waals surface area contributed by atoms with Gasteiger partial charge in [-0.15, -0.1) is 0 Å². The van der Waals surface area contributed by atoms with E-state index in [0.717, 1.165) is 0 Å². The molecule has 1 amide bonds. The number of nitrogens with zero attached hydrogens (tertiary/aromatic N) is 3. The van der Waals surface area contributed by atoms with E-state index in [1.807, 2.05) is 0 Å². The molecule has 0 bridgehead atoms. The van der Waals surface area contributed by atoms with E-state index in [4.69, 9.17) is 5.73 Å². The zero-order chi connectivity index (χ0) is 12.1. The Morgan fingerprint density at radius 3 is 3.06 bits per heavy atom. The van der Waals surface area contributed by atoms with Crippen molar-refractivity contribution < 1.29 is 9.32 Å². The maximum atomic E-state index is 11.6. The van der Waals surface area contributed by atoms with Crippen LogP contribution in [-0.2, 0) is 6.42 Å². The van der Waals surface area contributed by atoms with Gasteiger partial charge in [-0.1, -0.05) is 5.16 Å². The van der Waals surface area contributed by atoms with Crippen LogP contribution in [0.15, 0.2) is 29.2 Å². The van der Waals surface area contributed by atoms with E-state index in [-0.39, 0.29) is 11.6 Å². The molecule has 2 heterocycles. The number of hydrogen-bond acceptors (Lipinski definition) is 6. The van der Waals surface area contributed by atoms with Gasteiger partial charge in [0.2, 0.25) is 6.39 Å². The molecular formula is C10H11N5O2. The number of rotatable bonds is 4. The second-order valence-electron chi connectivity index (χ2n) is 3.33. The summed E-state index contributed by atoms with van der Waals surface area (Å²) in [5, 5.41) is 6.31. The second-order valence-corrected chi connectivity index (χ2v) is 3.33. The molecule has 2 aromatic rings. The molecule has 0 aromatic carbocycles. The zero-order valence-corrected chi connectivity index (χ0v) is 8.96. The van der Waals surface area contributed by atoms with Gasteiger partial charge in [0.1, 0.15) is 5.69 Å². The highest BCUT2D eigenvalue weighted by Gasteiger charge is 2.07. The Hall–Kier alpha value is -2.44. The van der Waals surface area contributed by atoms with Crippen molar-refractivity contribution in [1.82, 2.24) is 20.4 Å². The van der Waals surface area contributed by atoms with Crippen LogP contribution in [0.2, 0.25) is 0 Å². The van der Waals surface area contributed by atoms with Gasteiger partial charge in [0, 0.05) is 24.8 Å². The molecule has 0 fully saturated rings. The normalized spacial score (nSPS) is 10.1. The van der Waals surface area contributed by atoms with E-state index in [1.165, 1.54) is 18.7 Å². The van der Waals surface area contributed by atoms with Crippen LogP contribution in [0.3, 0.4) is 0 Å². The first-order chi connectivity index (χ1) is 8.25. The van der Waals surface area contributed by atoms with Crippen molar-refractivity contribution in [3.63, 3.8) is 0 Å². The fourth-order valence-corrected chi connectivity index (χ4v) is 1.25. The summed E-state index contributed by atoms with van der Waals surface area (Å²) in [6.07, 6.45) is 3.24. The molecule has 0 aliphatic carbocycles. The molecule has 0 radical (unpaired) electrons. The smallest absolute Gasteiger partial charge is 0.269 e. The SMILES string of the molecule is Nc1ccnc(C(=O)NCCc2ncon2)c1. The molecule has 0 aliphatic rings. The maximum Gasteiger partial charge on any atom is 0.269 e. The van der Waals surface area contributed by atoms with E-state index >= 15 is 0 Å². The molecule has 88 valence electrons. The Morgan fingerprint density at radius 2 is 2.35 bits per heavy atom. The minimum Gasteiger partial charge on any atom is -0.399 e. The van der Waals surface area contributed by atoms with Gasteiger partial charge in [-0.05, 0) is 12.1 Å². The van der Waals surface area contributed by atoms with Crippen LogP contribution in [0.4, 0.5) is 5.69 Å². The molecule has 7 heteroatoms. The first-order valence-electron chi connectivity index (χ1n) is 5.00. The van der Waals surface area contributed by atoms with E-state index < -0.39 is 0 Å². The van der Waals surface area contributed by atoms with Crippen LogP contribution in [0.25, 0.3) is 0 Å². The highest BCUT2D eigenvalue weighted by Crippen LogP contribution is 2.02. The number of carbonyl (C=O) groups excluding carboxylic acids is 1. The van der Waals surface area contributed by atoms with Crippen molar-refractivity contribution >= 4 is 11.6 Å². The lowest BCUT2D eigenvalue weighted by molar-refractivity contribution is 0.0949. The van der Waals surface area contributed by atoms with Gasteiger partial charge in [0.15, 0.2) is 5.82 Å². The fraction of sp³-hybridized carbons (Fsp3) is 0.200. The lowest BCUT2D eigenvalue weighted by atomic mass is 10.3. The number of carbonyl (C=O) groups is 1. The molecule has 3 N–H and O–H groups in total. The minimum absolute atomic E-state index is 0.277. The van der Waals surface area contributed by atoms with Crippen molar-refractivity contribution in [1.29, 1.82) is 0 Å². The number of pyridine rings is 1. The van der Waals surface area contributed by atoms with Crippen LogP contribution < -0.4 is 11.1 Å². The van der Waals surface area contributed by atoms with E-state index in [1.54, 1.807) is 6.07 Å². The molecule has 0 atom stereocenters. The molecule has 7 nitrogen and oxygen atoms in total. The number of nitrogen functional groups attached to an aromatic ring is 1. The number of nitrogens with one attached hydrogen (secondary N) is 1. The standard InChI is InChI=1S/C10H11N5O2/c11-7-1-3-12-8(5-7)10(16)13-4-2-9-14-6-17-15-9/h1,3,5-6H,2,4H2,(H2,11,12)(H,13,16). The molecular weight excluding hydrogens is 222 g/mol. The summed E-state index contributed by atoms with van der Waals surface area (Å²) in [6.45, 7) is 0.412. The fourth-order valence-electron chi connectivity index (χ4n) is 1.25. The summed E-state index contributed by atoms with van der Waals surface area (Å²) in [5.74, 6) is 0.270. The lowest BCUT2D eigenvalue weighted by Crippen LogP contribution is -2.26. The van der Waals surface area contributed by atoms with Crippen molar-refractivity contribution in [2.24, 2.45) is 0 Å². The first-order valence-corrected chi connectivity index (χ1v) is 5.00. The van der Waals surface area contributed by atoms with Crippen molar-refractivity contribution in [2.75, 3.05) is 12.3 Å². The predicted octanol–water partition coefficient (Wildman–Crippen LogP) is 0.0193. The summed E-state index contributed by atoms with van der Waals surface area (Å²) in [5.41, 5.74) is 6.34. The monoisotopic (exact) mass is 233 g/mol. The third-order valence-corrected chi connectivity index (χ3v) is 2.06. The summed E-state index contributed by atoms with van der Waals surface area (Å²) in [6, 6.07) is 3.14. The number of aromatic nitrogens is 3. The largest absolute Gasteiger partial charge is 0.399 e. The Labute approximate surface area is 97.0 Å².